The highest BCUT2D eigenvalue weighted by Crippen LogP contribution is 2.32. The molecule has 3 fully saturated rings. The van der Waals surface area contributed by atoms with E-state index in [0.29, 0.717) is 45.2 Å². The number of amides is 1. The van der Waals surface area contributed by atoms with Gasteiger partial charge in [-0.15, -0.1) is 11.8 Å². The van der Waals surface area contributed by atoms with Crippen molar-refractivity contribution in [1.29, 1.82) is 0 Å². The molecule has 242 valence electrons. The van der Waals surface area contributed by atoms with Crippen molar-refractivity contribution in [1.82, 2.24) is 15.5 Å². The van der Waals surface area contributed by atoms with Crippen LogP contribution in [-0.4, -0.2) is 133 Å². The number of carbonyl (C=O) groups is 2. The van der Waals surface area contributed by atoms with Gasteiger partial charge in [0.15, 0.2) is 12.0 Å². The molecule has 3 aliphatic rings. The lowest BCUT2D eigenvalue weighted by molar-refractivity contribution is -0.197. The number of nitrogens with one attached hydrogen (secondary N) is 2. The summed E-state index contributed by atoms with van der Waals surface area (Å²) in [5.41, 5.74) is -0.591. The minimum atomic E-state index is -1.25. The normalized spacial score (nSPS) is 31.8. The molecule has 0 spiro atoms. The first kappa shape index (κ1) is 35.0. The Kier molecular flexibility index (Phi) is 15.3. The Morgan fingerprint density at radius 1 is 1.21 bits per heavy atom. The topological polar surface area (TPSA) is 162 Å². The number of nitrogens with zero attached hydrogens (tertiary/aromatic N) is 2. The molecule has 8 atom stereocenters. The Morgan fingerprint density at radius 3 is 2.67 bits per heavy atom. The van der Waals surface area contributed by atoms with Crippen LogP contribution in [0.15, 0.2) is 4.99 Å². The first-order chi connectivity index (χ1) is 20.2. The molecule has 3 aliphatic heterocycles. The number of carboxylic acid groups (broad SMARTS) is 1. The molecule has 5 N–H and O–H groups in total. The molecule has 0 saturated carbocycles. The van der Waals surface area contributed by atoms with Crippen molar-refractivity contribution < 1.29 is 39.1 Å². The number of hydrogen-bond acceptors (Lipinski definition) is 11. The zero-order valence-corrected chi connectivity index (χ0v) is 26.2. The van der Waals surface area contributed by atoms with E-state index < -0.39 is 35.8 Å². The Hall–Kier alpha value is -1.48. The van der Waals surface area contributed by atoms with Gasteiger partial charge in [0.2, 0.25) is 5.91 Å². The molecular weight excluding hydrogens is 564 g/mol. The van der Waals surface area contributed by atoms with Crippen LogP contribution < -0.4 is 10.6 Å². The molecule has 8 unspecified atom stereocenters. The Morgan fingerprint density at radius 2 is 1.98 bits per heavy atom. The van der Waals surface area contributed by atoms with E-state index in [1.54, 1.807) is 0 Å². The Balaban J connectivity index is 1.53. The largest absolute Gasteiger partial charge is 0.481 e. The highest BCUT2D eigenvalue weighted by molar-refractivity contribution is 7.99. The van der Waals surface area contributed by atoms with E-state index in [1.165, 1.54) is 11.8 Å². The fraction of sp³-hybridized carbons (Fsp3) is 0.897. The van der Waals surface area contributed by atoms with Crippen LogP contribution in [0.5, 0.6) is 0 Å². The number of aliphatic imine (C=N–C) groups is 1. The van der Waals surface area contributed by atoms with Gasteiger partial charge in [-0.2, -0.15) is 0 Å². The summed E-state index contributed by atoms with van der Waals surface area (Å²) in [4.78, 5) is 30.8. The third-order valence-corrected chi connectivity index (χ3v) is 9.14. The summed E-state index contributed by atoms with van der Waals surface area (Å²) in [6, 6.07) is -0.175. The molecule has 0 aromatic heterocycles. The molecule has 12 nitrogen and oxygen atoms in total. The number of rotatable bonds is 15. The molecule has 3 rings (SSSR count). The summed E-state index contributed by atoms with van der Waals surface area (Å²) in [6.07, 6.45) is 2.41. The van der Waals surface area contributed by atoms with Crippen LogP contribution in [0.4, 0.5) is 0 Å². The lowest BCUT2D eigenvalue weighted by atomic mass is 9.88. The number of aliphatic hydroxyl groups is 2. The second-order valence-corrected chi connectivity index (χ2v) is 12.7. The molecule has 3 heterocycles. The molecule has 13 heteroatoms. The van der Waals surface area contributed by atoms with Crippen molar-refractivity contribution in [3.63, 3.8) is 0 Å². The maximum atomic E-state index is 12.8. The molecule has 3 saturated heterocycles. The monoisotopic (exact) mass is 616 g/mol. The SMILES string of the molecule is CCCC1CCNC(C(=O)NCC(C)CC2OC(SC)C(OC(CCC(=O)O)=NCCN3CCOCC3)C(O)C2O)C1. The molecule has 0 bridgehead atoms. The molecule has 0 aliphatic carbocycles. The van der Waals surface area contributed by atoms with Gasteiger partial charge >= 0.3 is 5.97 Å². The van der Waals surface area contributed by atoms with Gasteiger partial charge < -0.3 is 40.2 Å². The van der Waals surface area contributed by atoms with E-state index in [2.05, 4.69) is 27.4 Å². The van der Waals surface area contributed by atoms with Gasteiger partial charge in [0, 0.05) is 32.6 Å². The quantitative estimate of drug-likeness (QED) is 0.132. The van der Waals surface area contributed by atoms with Crippen molar-refractivity contribution in [2.45, 2.75) is 94.7 Å². The van der Waals surface area contributed by atoms with Gasteiger partial charge in [-0.3, -0.25) is 19.5 Å². The zero-order chi connectivity index (χ0) is 30.5. The lowest BCUT2D eigenvalue weighted by Crippen LogP contribution is -2.58. The number of piperidine rings is 1. The van der Waals surface area contributed by atoms with Crippen LogP contribution in [0, 0.1) is 11.8 Å². The fourth-order valence-corrected chi connectivity index (χ4v) is 6.59. The number of ether oxygens (including phenoxy) is 3. The van der Waals surface area contributed by atoms with Crippen LogP contribution in [0.3, 0.4) is 0 Å². The Bertz CT molecular complexity index is 857. The number of carbonyl (C=O) groups excluding carboxylic acids is 1. The predicted molar refractivity (Wildman–Crippen MR) is 162 cm³/mol. The van der Waals surface area contributed by atoms with Gasteiger partial charge in [-0.1, -0.05) is 26.7 Å². The Labute approximate surface area is 254 Å². The molecular formula is C29H52N4O8S. The van der Waals surface area contributed by atoms with E-state index in [9.17, 15) is 24.9 Å². The van der Waals surface area contributed by atoms with E-state index in [4.69, 9.17) is 14.2 Å². The summed E-state index contributed by atoms with van der Waals surface area (Å²) in [7, 11) is 0. The minimum Gasteiger partial charge on any atom is -0.481 e. The highest BCUT2D eigenvalue weighted by Gasteiger charge is 2.46. The second kappa shape index (κ2) is 18.4. The zero-order valence-electron chi connectivity index (χ0n) is 25.4. The third kappa shape index (κ3) is 11.2. The lowest BCUT2D eigenvalue weighted by Gasteiger charge is -2.43. The van der Waals surface area contributed by atoms with Gasteiger partial charge in [0.05, 0.1) is 38.3 Å². The van der Waals surface area contributed by atoms with Crippen LogP contribution in [0.2, 0.25) is 0 Å². The number of morpholine rings is 1. The number of hydrogen-bond donors (Lipinski definition) is 5. The van der Waals surface area contributed by atoms with Crippen LogP contribution >= 0.6 is 11.8 Å². The van der Waals surface area contributed by atoms with Crippen molar-refractivity contribution in [3.05, 3.63) is 0 Å². The maximum Gasteiger partial charge on any atom is 0.303 e. The number of aliphatic hydroxyl groups excluding tert-OH is 2. The summed E-state index contributed by atoms with van der Waals surface area (Å²) >= 11 is 1.35. The number of carboxylic acids is 1. The van der Waals surface area contributed by atoms with E-state index in [1.807, 2.05) is 13.2 Å². The van der Waals surface area contributed by atoms with Gasteiger partial charge in [-0.25, -0.2) is 0 Å². The van der Waals surface area contributed by atoms with Crippen molar-refractivity contribution >= 4 is 29.5 Å². The van der Waals surface area contributed by atoms with Crippen LogP contribution in [0.25, 0.3) is 0 Å². The van der Waals surface area contributed by atoms with Gasteiger partial charge in [0.1, 0.15) is 17.6 Å². The van der Waals surface area contributed by atoms with Crippen LogP contribution in [-0.2, 0) is 23.8 Å². The second-order valence-electron chi connectivity index (χ2n) is 11.7. The molecule has 0 aromatic carbocycles. The summed E-state index contributed by atoms with van der Waals surface area (Å²) in [5.74, 6) is -0.150. The average Bonchev–Trinajstić information content (AvgIpc) is 2.98. The van der Waals surface area contributed by atoms with E-state index in [-0.39, 0.29) is 36.6 Å². The summed E-state index contributed by atoms with van der Waals surface area (Å²) < 4.78 is 17.6. The van der Waals surface area contributed by atoms with E-state index in [0.717, 1.165) is 45.3 Å². The smallest absolute Gasteiger partial charge is 0.303 e. The third-order valence-electron chi connectivity index (χ3n) is 8.30. The highest BCUT2D eigenvalue weighted by atomic mass is 32.2. The first-order valence-electron chi connectivity index (χ1n) is 15.5. The fourth-order valence-electron chi connectivity index (χ4n) is 5.85. The first-order valence-corrected chi connectivity index (χ1v) is 16.8. The summed E-state index contributed by atoms with van der Waals surface area (Å²) in [5, 5.41) is 37.7. The molecule has 42 heavy (non-hydrogen) atoms. The minimum absolute atomic E-state index is 0.00341. The van der Waals surface area contributed by atoms with Crippen molar-refractivity contribution in [3.8, 4) is 0 Å². The number of thioether (sulfide) groups is 1. The van der Waals surface area contributed by atoms with Crippen molar-refractivity contribution in [2.75, 3.05) is 58.7 Å². The average molecular weight is 617 g/mol. The number of aliphatic carboxylic acids is 1. The predicted octanol–water partition coefficient (Wildman–Crippen LogP) is 1.09. The van der Waals surface area contributed by atoms with Gasteiger partial charge in [0.25, 0.3) is 0 Å². The molecule has 0 radical (unpaired) electrons. The van der Waals surface area contributed by atoms with Gasteiger partial charge in [-0.05, 0) is 43.9 Å². The van der Waals surface area contributed by atoms with Crippen LogP contribution in [0.1, 0.15) is 58.8 Å². The molecule has 1 amide bonds. The summed E-state index contributed by atoms with van der Waals surface area (Å²) in [6.45, 7) is 9.55. The van der Waals surface area contributed by atoms with E-state index >= 15 is 0 Å². The van der Waals surface area contributed by atoms with Crippen molar-refractivity contribution in [2.24, 2.45) is 16.8 Å². The maximum absolute atomic E-state index is 12.8. The standard InChI is InChI=1S/C29H52N4O8S/c1-4-5-20-8-9-30-21(17-20)28(38)32-18-19(2)16-22-25(36)26(37)27(29(40-22)42-3)41-23(6-7-24(34)35)31-10-11-33-12-14-39-15-13-33/h19-22,25-27,29-30,36-37H,4-18H2,1-3H3,(H,32,38)(H,34,35). The molecule has 0 aromatic rings.